The number of likely N-dealkylation sites (N-methyl/N-ethyl adjacent to an activating group) is 2. The van der Waals surface area contributed by atoms with Crippen LogP contribution in [0.4, 0.5) is 0 Å². The Labute approximate surface area is 149 Å². The van der Waals surface area contributed by atoms with Gasteiger partial charge in [-0.15, -0.1) is 22.7 Å². The second-order valence-corrected chi connectivity index (χ2v) is 7.67. The molecule has 2 aromatic rings. The highest BCUT2D eigenvalue weighted by Gasteiger charge is 2.23. The molecule has 2 aromatic heterocycles. The summed E-state index contributed by atoms with van der Waals surface area (Å²) < 4.78 is 0. The summed E-state index contributed by atoms with van der Waals surface area (Å²) in [5.74, 6) is -0.218. The Balaban J connectivity index is 1.59. The Morgan fingerprint density at radius 1 is 1.25 bits per heavy atom. The van der Waals surface area contributed by atoms with Crippen molar-refractivity contribution in [2.45, 2.75) is 0 Å². The number of thiazole rings is 1. The number of amides is 2. The zero-order valence-electron chi connectivity index (χ0n) is 13.8. The molecule has 0 aromatic carbocycles. The topological polar surface area (TPSA) is 56.8 Å². The SMILES string of the molecule is CN1CCN(C(=O)CN(C)C(=O)c2csc(-c3cccs3)n2)CC1. The Morgan fingerprint density at radius 3 is 2.67 bits per heavy atom. The van der Waals surface area contributed by atoms with E-state index < -0.39 is 0 Å². The van der Waals surface area contributed by atoms with E-state index in [2.05, 4.69) is 9.88 Å². The molecular formula is C16H20N4O2S2. The molecule has 128 valence electrons. The lowest BCUT2D eigenvalue weighted by Gasteiger charge is -2.33. The molecule has 8 heteroatoms. The fourth-order valence-corrected chi connectivity index (χ4v) is 4.12. The Hall–Kier alpha value is -1.77. The van der Waals surface area contributed by atoms with E-state index in [1.54, 1.807) is 23.8 Å². The van der Waals surface area contributed by atoms with Crippen LogP contribution in [0, 0.1) is 0 Å². The van der Waals surface area contributed by atoms with Gasteiger partial charge < -0.3 is 14.7 Å². The lowest BCUT2D eigenvalue weighted by molar-refractivity contribution is -0.133. The standard InChI is InChI=1S/C16H20N4O2S2/c1-18-5-7-20(8-6-18)14(21)10-19(2)16(22)12-11-24-15(17-12)13-4-3-9-23-13/h3-4,9,11H,5-8,10H2,1-2H3. The number of rotatable bonds is 4. The van der Waals surface area contributed by atoms with Crippen molar-refractivity contribution in [2.24, 2.45) is 0 Å². The second-order valence-electron chi connectivity index (χ2n) is 5.86. The number of nitrogens with zero attached hydrogens (tertiary/aromatic N) is 4. The van der Waals surface area contributed by atoms with Crippen molar-refractivity contribution in [2.75, 3.05) is 46.8 Å². The summed E-state index contributed by atoms with van der Waals surface area (Å²) in [6.07, 6.45) is 0. The molecule has 1 aliphatic rings. The van der Waals surface area contributed by atoms with Gasteiger partial charge in [-0.05, 0) is 18.5 Å². The first-order valence-corrected chi connectivity index (χ1v) is 9.51. The normalized spacial score (nSPS) is 15.5. The fraction of sp³-hybridized carbons (Fsp3) is 0.438. The average Bonchev–Trinajstić information content (AvgIpc) is 3.25. The predicted octanol–water partition coefficient (Wildman–Crippen LogP) is 1.72. The second kappa shape index (κ2) is 7.42. The molecule has 1 saturated heterocycles. The van der Waals surface area contributed by atoms with Gasteiger partial charge in [-0.3, -0.25) is 9.59 Å². The van der Waals surface area contributed by atoms with Gasteiger partial charge in [0.15, 0.2) is 0 Å². The van der Waals surface area contributed by atoms with Gasteiger partial charge in [-0.25, -0.2) is 4.98 Å². The first kappa shape index (κ1) is 17.1. The molecule has 0 radical (unpaired) electrons. The number of thiophene rings is 1. The van der Waals surface area contributed by atoms with Gasteiger partial charge in [-0.1, -0.05) is 6.07 Å². The number of aromatic nitrogens is 1. The molecule has 0 bridgehead atoms. The maximum absolute atomic E-state index is 12.5. The predicted molar refractivity (Wildman–Crippen MR) is 96.5 cm³/mol. The van der Waals surface area contributed by atoms with Crippen molar-refractivity contribution >= 4 is 34.5 Å². The summed E-state index contributed by atoms with van der Waals surface area (Å²) in [6.45, 7) is 3.28. The summed E-state index contributed by atoms with van der Waals surface area (Å²) in [6, 6.07) is 3.95. The molecule has 2 amide bonds. The third-order valence-corrected chi connectivity index (χ3v) is 5.91. The van der Waals surface area contributed by atoms with E-state index in [1.807, 2.05) is 29.5 Å². The van der Waals surface area contributed by atoms with E-state index in [-0.39, 0.29) is 18.4 Å². The first-order valence-electron chi connectivity index (χ1n) is 7.76. The van der Waals surface area contributed by atoms with Gasteiger partial charge in [-0.2, -0.15) is 0 Å². The lowest BCUT2D eigenvalue weighted by Crippen LogP contribution is -2.50. The van der Waals surface area contributed by atoms with Crippen LogP contribution in [-0.4, -0.2) is 78.3 Å². The summed E-state index contributed by atoms with van der Waals surface area (Å²) in [7, 11) is 3.70. The molecule has 0 atom stereocenters. The Kier molecular flexibility index (Phi) is 5.27. The molecule has 3 rings (SSSR count). The van der Waals surface area contributed by atoms with Crippen LogP contribution in [0.1, 0.15) is 10.5 Å². The van der Waals surface area contributed by atoms with Crippen LogP contribution in [0.25, 0.3) is 9.88 Å². The highest BCUT2D eigenvalue weighted by molar-refractivity contribution is 7.20. The Bertz CT molecular complexity index is 705. The summed E-state index contributed by atoms with van der Waals surface area (Å²) in [4.78, 5) is 35.8. The highest BCUT2D eigenvalue weighted by Crippen LogP contribution is 2.28. The molecule has 24 heavy (non-hydrogen) atoms. The molecule has 1 fully saturated rings. The van der Waals surface area contributed by atoms with Crippen LogP contribution in [-0.2, 0) is 4.79 Å². The van der Waals surface area contributed by atoms with E-state index in [9.17, 15) is 9.59 Å². The van der Waals surface area contributed by atoms with E-state index in [0.717, 1.165) is 36.1 Å². The van der Waals surface area contributed by atoms with Crippen LogP contribution in [0.5, 0.6) is 0 Å². The van der Waals surface area contributed by atoms with Crippen molar-refractivity contribution in [1.82, 2.24) is 19.7 Å². The van der Waals surface area contributed by atoms with Crippen molar-refractivity contribution in [1.29, 1.82) is 0 Å². The first-order chi connectivity index (χ1) is 11.5. The molecule has 0 unspecified atom stereocenters. The largest absolute Gasteiger partial charge is 0.339 e. The fourth-order valence-electron chi connectivity index (χ4n) is 2.51. The third kappa shape index (κ3) is 3.82. The van der Waals surface area contributed by atoms with Crippen molar-refractivity contribution < 1.29 is 9.59 Å². The minimum Gasteiger partial charge on any atom is -0.339 e. The lowest BCUT2D eigenvalue weighted by atomic mass is 10.3. The molecule has 6 nitrogen and oxygen atoms in total. The van der Waals surface area contributed by atoms with E-state index in [1.165, 1.54) is 16.2 Å². The number of carbonyl (C=O) groups excluding carboxylic acids is 2. The highest BCUT2D eigenvalue weighted by atomic mass is 32.1. The molecule has 0 spiro atoms. The number of carbonyl (C=O) groups is 2. The van der Waals surface area contributed by atoms with Gasteiger partial charge in [0.25, 0.3) is 5.91 Å². The molecule has 1 aliphatic heterocycles. The van der Waals surface area contributed by atoms with Gasteiger partial charge in [0.05, 0.1) is 11.4 Å². The zero-order chi connectivity index (χ0) is 17.1. The van der Waals surface area contributed by atoms with Gasteiger partial charge in [0.2, 0.25) is 5.91 Å². The quantitative estimate of drug-likeness (QED) is 0.829. The zero-order valence-corrected chi connectivity index (χ0v) is 15.4. The van der Waals surface area contributed by atoms with Gasteiger partial charge in [0.1, 0.15) is 10.7 Å². The Morgan fingerprint density at radius 2 is 2.00 bits per heavy atom. The number of hydrogen-bond acceptors (Lipinski definition) is 6. The minimum absolute atomic E-state index is 0.00680. The van der Waals surface area contributed by atoms with Crippen LogP contribution in [0.15, 0.2) is 22.9 Å². The smallest absolute Gasteiger partial charge is 0.273 e. The van der Waals surface area contributed by atoms with Crippen molar-refractivity contribution in [3.63, 3.8) is 0 Å². The molecule has 0 saturated carbocycles. The van der Waals surface area contributed by atoms with Gasteiger partial charge >= 0.3 is 0 Å². The molecular weight excluding hydrogens is 344 g/mol. The van der Waals surface area contributed by atoms with E-state index in [4.69, 9.17) is 0 Å². The molecule has 0 aliphatic carbocycles. The van der Waals surface area contributed by atoms with E-state index >= 15 is 0 Å². The summed E-state index contributed by atoms with van der Waals surface area (Å²) in [5.41, 5.74) is 0.400. The number of hydrogen-bond donors (Lipinski definition) is 0. The maximum atomic E-state index is 12.5. The summed E-state index contributed by atoms with van der Waals surface area (Å²) >= 11 is 3.05. The van der Waals surface area contributed by atoms with Crippen molar-refractivity contribution in [3.05, 3.63) is 28.6 Å². The van der Waals surface area contributed by atoms with Gasteiger partial charge in [0, 0.05) is 38.6 Å². The van der Waals surface area contributed by atoms with Crippen LogP contribution >= 0.6 is 22.7 Å². The van der Waals surface area contributed by atoms with Crippen molar-refractivity contribution in [3.8, 4) is 9.88 Å². The van der Waals surface area contributed by atoms with E-state index in [0.29, 0.717) is 5.69 Å². The number of piperazine rings is 1. The average molecular weight is 364 g/mol. The summed E-state index contributed by atoms with van der Waals surface area (Å²) in [5, 5.41) is 4.58. The minimum atomic E-state index is -0.212. The van der Waals surface area contributed by atoms with Crippen LogP contribution in [0.3, 0.4) is 0 Å². The van der Waals surface area contributed by atoms with Crippen LogP contribution in [0.2, 0.25) is 0 Å². The van der Waals surface area contributed by atoms with Crippen LogP contribution < -0.4 is 0 Å². The maximum Gasteiger partial charge on any atom is 0.273 e. The monoisotopic (exact) mass is 364 g/mol. The third-order valence-electron chi connectivity index (χ3n) is 4.03. The molecule has 0 N–H and O–H groups in total. The molecule has 3 heterocycles.